The summed E-state index contributed by atoms with van der Waals surface area (Å²) in [5.74, 6) is 0.0347. The quantitative estimate of drug-likeness (QED) is 0.181. The van der Waals surface area contributed by atoms with Crippen LogP contribution in [-0.2, 0) is 17.6 Å². The number of ether oxygens (including phenoxy) is 1. The summed E-state index contributed by atoms with van der Waals surface area (Å²) < 4.78 is 20.5. The maximum absolute atomic E-state index is 13.2. The van der Waals surface area contributed by atoms with Gasteiger partial charge in [-0.25, -0.2) is 18.7 Å². The van der Waals surface area contributed by atoms with Crippen molar-refractivity contribution in [2.24, 2.45) is 0 Å². The highest BCUT2D eigenvalue weighted by Gasteiger charge is 2.14. The number of hydrogen-bond donors (Lipinski definition) is 3. The van der Waals surface area contributed by atoms with Gasteiger partial charge in [0.05, 0.1) is 13.2 Å². The van der Waals surface area contributed by atoms with Gasteiger partial charge in [0.25, 0.3) is 0 Å². The van der Waals surface area contributed by atoms with E-state index in [0.717, 1.165) is 68.2 Å². The van der Waals surface area contributed by atoms with Crippen molar-refractivity contribution < 1.29 is 13.9 Å². The van der Waals surface area contributed by atoms with Crippen molar-refractivity contribution in [3.8, 4) is 0 Å². The molecule has 0 bridgehead atoms. The monoisotopic (exact) mass is 613 g/mol. The second-order valence-electron chi connectivity index (χ2n) is 9.32. The number of nitrogen functional groups attached to an aromatic ring is 1. The number of hydrogen-bond acceptors (Lipinski definition) is 6. The van der Waals surface area contributed by atoms with E-state index < -0.39 is 11.9 Å². The fourth-order valence-electron chi connectivity index (χ4n) is 4.09. The Labute approximate surface area is 264 Å². The molecule has 0 unspecified atom stereocenters. The Kier molecular flexibility index (Phi) is 22.6. The average molecular weight is 614 g/mol. The molecule has 0 aliphatic carbocycles. The summed E-state index contributed by atoms with van der Waals surface area (Å²) >= 11 is 0. The van der Waals surface area contributed by atoms with Gasteiger partial charge in [0.1, 0.15) is 17.7 Å². The Morgan fingerprint density at radius 2 is 1.82 bits per heavy atom. The molecule has 2 aromatic heterocycles. The molecule has 0 aromatic carbocycles. The van der Waals surface area contributed by atoms with Gasteiger partial charge < -0.3 is 21.1 Å². The van der Waals surface area contributed by atoms with Crippen molar-refractivity contribution >= 4 is 17.4 Å². The number of allylic oxidation sites excluding steroid dienone is 8. The maximum Gasteiger partial charge on any atom is 0.323 e. The number of urea groups is 1. The molecule has 1 fully saturated rings. The van der Waals surface area contributed by atoms with Crippen LogP contribution in [0.15, 0.2) is 72.6 Å². The third kappa shape index (κ3) is 15.1. The van der Waals surface area contributed by atoms with Gasteiger partial charge in [0.15, 0.2) is 5.82 Å². The Bertz CT molecular complexity index is 1220. The summed E-state index contributed by atoms with van der Waals surface area (Å²) in [5.41, 5.74) is 10.1. The van der Waals surface area contributed by atoms with Crippen molar-refractivity contribution in [1.82, 2.24) is 30.1 Å². The summed E-state index contributed by atoms with van der Waals surface area (Å²) in [6, 6.07) is 1.69. The summed E-state index contributed by atoms with van der Waals surface area (Å²) in [6.45, 7) is 22.7. The minimum Gasteiger partial charge on any atom is -0.382 e. The van der Waals surface area contributed by atoms with Crippen LogP contribution < -0.4 is 16.4 Å². The number of carbonyl (C=O) groups is 1. The van der Waals surface area contributed by atoms with Crippen molar-refractivity contribution in [2.45, 2.75) is 81.1 Å². The van der Waals surface area contributed by atoms with E-state index in [4.69, 9.17) is 10.5 Å². The Balaban J connectivity index is 0.00000183. The summed E-state index contributed by atoms with van der Waals surface area (Å²) in [6.07, 6.45) is 16.0. The van der Waals surface area contributed by atoms with Crippen molar-refractivity contribution in [2.75, 3.05) is 38.6 Å². The van der Waals surface area contributed by atoms with Crippen LogP contribution in [0.25, 0.3) is 5.52 Å². The molecule has 10 heteroatoms. The van der Waals surface area contributed by atoms with Gasteiger partial charge in [0.2, 0.25) is 0 Å². The SMILES string of the molecule is C/C=C(\C/C=C\Cc1cc(CCCN2CCOCC2)n2ncnc(N)c12)NC(=O)N/C(C)=C(/C)F.C=C/C=C\C.CC.CC. The topological polar surface area (TPSA) is 110 Å². The van der Waals surface area contributed by atoms with E-state index in [0.29, 0.717) is 18.7 Å². The smallest absolute Gasteiger partial charge is 0.323 e. The lowest BCUT2D eigenvalue weighted by molar-refractivity contribution is 0.0374. The molecular formula is C34H56FN7O2. The summed E-state index contributed by atoms with van der Waals surface area (Å²) in [7, 11) is 0. The molecule has 0 radical (unpaired) electrons. The van der Waals surface area contributed by atoms with Crippen LogP contribution in [0, 0.1) is 0 Å². The van der Waals surface area contributed by atoms with Crippen LogP contribution >= 0.6 is 0 Å². The number of amides is 2. The van der Waals surface area contributed by atoms with E-state index >= 15 is 0 Å². The summed E-state index contributed by atoms with van der Waals surface area (Å²) in [5, 5.41) is 9.66. The van der Waals surface area contributed by atoms with E-state index in [2.05, 4.69) is 38.3 Å². The van der Waals surface area contributed by atoms with E-state index in [9.17, 15) is 9.18 Å². The van der Waals surface area contributed by atoms with E-state index in [1.807, 2.05) is 76.4 Å². The minimum atomic E-state index is -0.467. The van der Waals surface area contributed by atoms with Crippen LogP contribution in [0.4, 0.5) is 15.0 Å². The molecule has 1 aliphatic rings. The lowest BCUT2D eigenvalue weighted by atomic mass is 10.1. The van der Waals surface area contributed by atoms with Gasteiger partial charge >= 0.3 is 6.03 Å². The van der Waals surface area contributed by atoms with Crippen molar-refractivity contribution in [1.29, 1.82) is 0 Å². The highest BCUT2D eigenvalue weighted by molar-refractivity contribution is 5.77. The van der Waals surface area contributed by atoms with E-state index in [1.54, 1.807) is 6.08 Å². The van der Waals surface area contributed by atoms with E-state index in [-0.39, 0.29) is 5.70 Å². The van der Waals surface area contributed by atoms with Crippen LogP contribution in [0.3, 0.4) is 0 Å². The molecule has 0 atom stereocenters. The first-order valence-corrected chi connectivity index (χ1v) is 15.7. The first-order valence-electron chi connectivity index (χ1n) is 15.7. The number of aromatic nitrogens is 3. The van der Waals surface area contributed by atoms with Gasteiger partial charge in [-0.05, 0) is 65.1 Å². The highest BCUT2D eigenvalue weighted by atomic mass is 19.1. The molecule has 44 heavy (non-hydrogen) atoms. The normalized spacial score (nSPS) is 14.1. The zero-order valence-electron chi connectivity index (χ0n) is 28.3. The van der Waals surface area contributed by atoms with Crippen molar-refractivity contribution in [3.63, 3.8) is 0 Å². The van der Waals surface area contributed by atoms with Gasteiger partial charge in [-0.1, -0.05) is 70.7 Å². The molecule has 3 rings (SSSR count). The molecule has 0 spiro atoms. The largest absolute Gasteiger partial charge is 0.382 e. The number of nitrogens with one attached hydrogen (secondary N) is 2. The zero-order chi connectivity index (χ0) is 33.3. The molecule has 1 saturated heterocycles. The van der Waals surface area contributed by atoms with Gasteiger partial charge in [-0.3, -0.25) is 4.90 Å². The van der Waals surface area contributed by atoms with Crippen LogP contribution in [0.1, 0.15) is 79.5 Å². The number of halogens is 1. The fraction of sp³-hybridized carbons (Fsp3) is 0.500. The molecule has 2 aromatic rings. The first kappa shape index (κ1) is 40.2. The predicted molar refractivity (Wildman–Crippen MR) is 183 cm³/mol. The van der Waals surface area contributed by atoms with E-state index in [1.165, 1.54) is 20.2 Å². The van der Waals surface area contributed by atoms with Crippen LogP contribution in [0.2, 0.25) is 0 Å². The predicted octanol–water partition coefficient (Wildman–Crippen LogP) is 7.29. The first-order chi connectivity index (χ1) is 21.3. The molecule has 9 nitrogen and oxygen atoms in total. The molecule has 0 saturated carbocycles. The van der Waals surface area contributed by atoms with Gasteiger partial charge in [-0.2, -0.15) is 5.10 Å². The number of rotatable bonds is 11. The lowest BCUT2D eigenvalue weighted by Gasteiger charge is -2.26. The maximum atomic E-state index is 13.2. The fourth-order valence-corrected chi connectivity index (χ4v) is 4.09. The number of morpholine rings is 1. The molecule has 3 heterocycles. The van der Waals surface area contributed by atoms with Gasteiger partial charge in [-0.15, -0.1) is 0 Å². The highest BCUT2D eigenvalue weighted by Crippen LogP contribution is 2.22. The minimum absolute atomic E-state index is 0.189. The molecular weight excluding hydrogens is 557 g/mol. The Hall–Kier alpha value is -3.76. The molecule has 4 N–H and O–H groups in total. The Morgan fingerprint density at radius 1 is 1.14 bits per heavy atom. The second-order valence-corrected chi connectivity index (χ2v) is 9.32. The zero-order valence-corrected chi connectivity index (χ0v) is 28.3. The Morgan fingerprint density at radius 3 is 2.39 bits per heavy atom. The second kappa shape index (κ2) is 24.7. The number of nitrogens with zero attached hydrogens (tertiary/aromatic N) is 4. The third-order valence-electron chi connectivity index (χ3n) is 6.36. The number of carbonyl (C=O) groups excluding carboxylic acids is 1. The van der Waals surface area contributed by atoms with Gasteiger partial charge in [0, 0.05) is 36.6 Å². The molecule has 2 amide bonds. The lowest BCUT2D eigenvalue weighted by Crippen LogP contribution is -2.37. The van der Waals surface area contributed by atoms with Crippen LogP contribution in [-0.4, -0.2) is 58.4 Å². The number of aryl methyl sites for hydroxylation is 1. The van der Waals surface area contributed by atoms with Crippen molar-refractivity contribution in [3.05, 3.63) is 83.9 Å². The average Bonchev–Trinajstić information content (AvgIpc) is 3.40. The molecule has 1 aliphatic heterocycles. The number of nitrogens with two attached hydrogens (primary N) is 1. The standard InChI is InChI=1S/C25H36FN7O2.C5H8.2C2H6/c1-4-21(31-25(34)30-19(3)18(2)26)9-6-5-8-20-16-22(33-23(20)24(27)28-17-29-33)10-7-11-32-12-14-35-15-13-32;1-3-5-4-2;2*1-2/h4-6,16-17H,7-15H2,1-3H3,(H2,27,28,29)(H2,30,31,34);3-5H,1H2,2H3;2*1-2H3/b6-5-,19-18-,21-4+;5-4-;;. The van der Waals surface area contributed by atoms with Crippen LogP contribution in [0.5, 0.6) is 0 Å². The molecule has 246 valence electrons. The third-order valence-corrected chi connectivity index (χ3v) is 6.36. The number of fused-ring (bicyclic) bond motifs is 1. The number of anilines is 1. The summed E-state index contributed by atoms with van der Waals surface area (Å²) in [4.78, 5) is 18.6.